The first-order chi connectivity index (χ1) is 22.2. The molecule has 0 amide bonds. The van der Waals surface area contributed by atoms with E-state index in [9.17, 15) is 17.9 Å². The van der Waals surface area contributed by atoms with E-state index in [-0.39, 0.29) is 30.3 Å². The van der Waals surface area contributed by atoms with Gasteiger partial charge in [-0.25, -0.2) is 12.8 Å². The van der Waals surface area contributed by atoms with E-state index < -0.39 is 35.8 Å². The molecule has 10 heteroatoms. The Morgan fingerprint density at radius 2 is 1.49 bits per heavy atom. The number of aliphatic hydroxyl groups excluding tert-OH is 1. The van der Waals surface area contributed by atoms with Crippen LogP contribution in [0.25, 0.3) is 0 Å². The van der Waals surface area contributed by atoms with E-state index in [1.54, 1.807) is 60.7 Å². The Balaban J connectivity index is 1.72. The van der Waals surface area contributed by atoms with Crippen LogP contribution < -0.4 is 14.2 Å². The van der Waals surface area contributed by atoms with Crippen molar-refractivity contribution in [2.75, 3.05) is 11.8 Å². The highest BCUT2D eigenvalue weighted by Gasteiger charge is 2.41. The van der Waals surface area contributed by atoms with Crippen molar-refractivity contribution in [2.45, 2.75) is 75.8 Å². The van der Waals surface area contributed by atoms with Crippen molar-refractivity contribution in [1.82, 2.24) is 0 Å². The number of para-hydroxylation sites is 1. The van der Waals surface area contributed by atoms with Gasteiger partial charge in [-0.15, -0.1) is 0 Å². The molecule has 0 saturated carbocycles. The number of benzene rings is 4. The number of anilines is 1. The maximum Gasteiger partial charge on any atom is 0.238 e. The highest BCUT2D eigenvalue weighted by Crippen LogP contribution is 2.42. The molecule has 4 aromatic rings. The van der Waals surface area contributed by atoms with E-state index in [0.717, 1.165) is 11.1 Å². The van der Waals surface area contributed by atoms with Gasteiger partial charge in [0, 0.05) is 17.3 Å². The third-order valence-electron chi connectivity index (χ3n) is 8.76. The number of ether oxygens (including phenoxy) is 2. The minimum atomic E-state index is -4.17. The number of methoxy groups -OCH3 is 1. The summed E-state index contributed by atoms with van der Waals surface area (Å²) in [6, 6.07) is 29.2. The second-order valence-corrected chi connectivity index (χ2v) is 19.8. The first-order valence-electron chi connectivity index (χ1n) is 15.7. The molecule has 0 radical (unpaired) electrons. The number of hydrogen-bond donors (Lipinski definition) is 2. The number of aliphatic hydroxyl groups is 1. The molecular weight excluding hydrogens is 634 g/mol. The normalized spacial score (nSPS) is 14.2. The zero-order chi connectivity index (χ0) is 34.2. The van der Waals surface area contributed by atoms with Gasteiger partial charge >= 0.3 is 0 Å². The van der Waals surface area contributed by atoms with Crippen molar-refractivity contribution in [3.63, 3.8) is 0 Å². The van der Waals surface area contributed by atoms with Crippen LogP contribution in [0.1, 0.15) is 62.5 Å². The largest absolute Gasteiger partial charge is 0.497 e. The molecule has 0 spiro atoms. The third kappa shape index (κ3) is 9.67. The van der Waals surface area contributed by atoms with Crippen molar-refractivity contribution in [1.29, 1.82) is 0 Å². The van der Waals surface area contributed by atoms with E-state index in [0.29, 0.717) is 22.7 Å². The maximum atomic E-state index is 14.1. The Bertz CT molecular complexity index is 1680. The molecule has 0 heterocycles. The van der Waals surface area contributed by atoms with E-state index in [1.807, 2.05) is 30.3 Å². The fourth-order valence-electron chi connectivity index (χ4n) is 4.99. The first kappa shape index (κ1) is 36.1. The molecule has 4 rings (SSSR count). The van der Waals surface area contributed by atoms with Gasteiger partial charge in [0.25, 0.3) is 0 Å². The smallest absolute Gasteiger partial charge is 0.238 e. The Morgan fingerprint density at radius 1 is 0.872 bits per heavy atom. The van der Waals surface area contributed by atoms with E-state index in [2.05, 4.69) is 38.6 Å². The summed E-state index contributed by atoms with van der Waals surface area (Å²) in [5, 5.41) is 10.6. The molecule has 0 aliphatic carbocycles. The quantitative estimate of drug-likeness (QED) is 0.122. The lowest BCUT2D eigenvalue weighted by molar-refractivity contribution is 0.138. The lowest BCUT2D eigenvalue weighted by Gasteiger charge is -2.40. The topological polar surface area (TPSA) is 94.1 Å². The van der Waals surface area contributed by atoms with Crippen LogP contribution >= 0.6 is 0 Å². The van der Waals surface area contributed by atoms with E-state index in [4.69, 9.17) is 13.9 Å². The van der Waals surface area contributed by atoms with Crippen molar-refractivity contribution < 1.29 is 31.8 Å². The molecule has 0 aromatic heterocycles. The lowest BCUT2D eigenvalue weighted by Crippen LogP contribution is -2.42. The third-order valence-corrected chi connectivity index (χ3v) is 15.1. The summed E-state index contributed by atoms with van der Waals surface area (Å²) < 4.78 is 63.3. The molecule has 0 aliphatic heterocycles. The molecule has 1 unspecified atom stereocenters. The summed E-state index contributed by atoms with van der Waals surface area (Å²) in [7, 11) is -4.99. The van der Waals surface area contributed by atoms with Gasteiger partial charge in [-0.3, -0.25) is 4.72 Å². The first-order valence-corrected chi connectivity index (χ1v) is 20.2. The Hall–Kier alpha value is -3.70. The van der Waals surface area contributed by atoms with Crippen molar-refractivity contribution in [3.8, 4) is 11.5 Å². The van der Waals surface area contributed by atoms with Crippen LogP contribution in [0, 0.1) is 5.82 Å². The van der Waals surface area contributed by atoms with Gasteiger partial charge in [0.05, 0.1) is 13.2 Å². The molecule has 0 aliphatic rings. The van der Waals surface area contributed by atoms with Gasteiger partial charge in [0.15, 0.2) is 8.32 Å². The number of nitrogens with one attached hydrogen (secondary N) is 1. The standard InChI is InChI=1S/C37H46FNO6SSi/c1-37(2,3)47(5,6)45-33(28-17-19-29(38)20-18-28)23-24-35(46(41,42)39-30-15-11-8-12-16-30)36(40)32-22-21-31(43-4)25-34(32)44-26-27-13-9-7-10-14-27/h7-22,25,33,35-36,39-40H,23-24,26H2,1-6H3/t33-,35?,36+/m0/s1. The maximum absolute atomic E-state index is 14.1. The average Bonchev–Trinajstić information content (AvgIpc) is 3.03. The van der Waals surface area contributed by atoms with Crippen LogP contribution in [0.4, 0.5) is 10.1 Å². The Labute approximate surface area is 279 Å². The van der Waals surface area contributed by atoms with Crippen molar-refractivity contribution in [3.05, 3.63) is 126 Å². The molecule has 4 aromatic carbocycles. The van der Waals surface area contributed by atoms with Crippen molar-refractivity contribution in [2.24, 2.45) is 0 Å². The van der Waals surface area contributed by atoms with Crippen LogP contribution in [0.2, 0.25) is 18.1 Å². The van der Waals surface area contributed by atoms with Crippen LogP contribution in [0.3, 0.4) is 0 Å². The van der Waals surface area contributed by atoms with E-state index >= 15 is 0 Å². The summed E-state index contributed by atoms with van der Waals surface area (Å²) in [6.07, 6.45) is -1.71. The van der Waals surface area contributed by atoms with Gasteiger partial charge in [-0.1, -0.05) is 81.4 Å². The Kier molecular flexibility index (Phi) is 11.9. The minimum absolute atomic E-state index is 0.0319. The highest BCUT2D eigenvalue weighted by atomic mass is 32.2. The second-order valence-electron chi connectivity index (χ2n) is 13.2. The Morgan fingerprint density at radius 3 is 2.09 bits per heavy atom. The highest BCUT2D eigenvalue weighted by molar-refractivity contribution is 7.93. The fourth-order valence-corrected chi connectivity index (χ4v) is 7.86. The molecule has 0 fully saturated rings. The molecule has 47 heavy (non-hydrogen) atoms. The van der Waals surface area contributed by atoms with Gasteiger partial charge < -0.3 is 19.0 Å². The monoisotopic (exact) mass is 679 g/mol. The molecular formula is C37H46FNO6SSi. The number of hydrogen-bond acceptors (Lipinski definition) is 6. The number of halogens is 1. The molecule has 0 bridgehead atoms. The van der Waals surface area contributed by atoms with Gasteiger partial charge in [0.2, 0.25) is 10.0 Å². The van der Waals surface area contributed by atoms with Gasteiger partial charge in [0.1, 0.15) is 35.3 Å². The molecule has 0 saturated heterocycles. The summed E-state index contributed by atoms with van der Waals surface area (Å²) in [6.45, 7) is 10.8. The van der Waals surface area contributed by atoms with Gasteiger partial charge in [-0.2, -0.15) is 0 Å². The SMILES string of the molecule is COc1ccc([C@@H](O)C(CC[C@H](O[Si](C)(C)C(C)(C)C)c2ccc(F)cc2)S(=O)(=O)Nc2ccccc2)c(OCc2ccccc2)c1. The average molecular weight is 680 g/mol. The van der Waals surface area contributed by atoms with Gasteiger partial charge in [-0.05, 0) is 78.5 Å². The molecule has 3 atom stereocenters. The lowest BCUT2D eigenvalue weighted by atomic mass is 9.98. The molecule has 7 nitrogen and oxygen atoms in total. The molecule has 2 N–H and O–H groups in total. The van der Waals surface area contributed by atoms with E-state index in [1.165, 1.54) is 19.2 Å². The van der Waals surface area contributed by atoms with Crippen LogP contribution in [-0.2, 0) is 21.1 Å². The van der Waals surface area contributed by atoms with Crippen LogP contribution in [-0.4, -0.2) is 34.2 Å². The zero-order valence-electron chi connectivity index (χ0n) is 27.9. The zero-order valence-corrected chi connectivity index (χ0v) is 29.8. The summed E-state index contributed by atoms with van der Waals surface area (Å²) >= 11 is 0. The summed E-state index contributed by atoms with van der Waals surface area (Å²) in [4.78, 5) is 0. The predicted molar refractivity (Wildman–Crippen MR) is 188 cm³/mol. The molecule has 252 valence electrons. The van der Waals surface area contributed by atoms with Crippen LogP contribution in [0.15, 0.2) is 103 Å². The van der Waals surface area contributed by atoms with Crippen molar-refractivity contribution >= 4 is 24.0 Å². The minimum Gasteiger partial charge on any atom is -0.497 e. The second kappa shape index (κ2) is 15.5. The summed E-state index contributed by atoms with van der Waals surface area (Å²) in [5.41, 5.74) is 2.35. The number of sulfonamides is 1. The summed E-state index contributed by atoms with van der Waals surface area (Å²) in [5.74, 6) is 0.448. The predicted octanol–water partition coefficient (Wildman–Crippen LogP) is 8.80. The van der Waals surface area contributed by atoms with Crippen LogP contribution in [0.5, 0.6) is 11.5 Å². The number of rotatable bonds is 15. The fraction of sp³-hybridized carbons (Fsp3) is 0.351.